The molecule has 2 aromatic heterocycles. The molecule has 0 atom stereocenters. The molecular formula is C17H17F2N5O4S. The summed E-state index contributed by atoms with van der Waals surface area (Å²) in [6.07, 6.45) is 1.57. The van der Waals surface area contributed by atoms with Crippen LogP contribution >= 0.6 is 0 Å². The number of methoxy groups -OCH3 is 1. The molecule has 29 heavy (non-hydrogen) atoms. The number of hydrogen-bond donors (Lipinski definition) is 3. The van der Waals surface area contributed by atoms with Crippen molar-refractivity contribution in [3.05, 3.63) is 41.6 Å². The average Bonchev–Trinajstić information content (AvgIpc) is 3.06. The summed E-state index contributed by atoms with van der Waals surface area (Å²) in [5.41, 5.74) is -0.918. The van der Waals surface area contributed by atoms with Crippen molar-refractivity contribution in [2.45, 2.75) is 13.3 Å². The number of sulfonamides is 1. The van der Waals surface area contributed by atoms with E-state index in [1.54, 1.807) is 6.92 Å². The van der Waals surface area contributed by atoms with E-state index < -0.39 is 38.8 Å². The van der Waals surface area contributed by atoms with Gasteiger partial charge < -0.3 is 10.1 Å². The summed E-state index contributed by atoms with van der Waals surface area (Å²) < 4.78 is 59.7. The number of H-pyrrole nitrogens is 1. The van der Waals surface area contributed by atoms with E-state index in [4.69, 9.17) is 4.74 Å². The Kier molecular flexibility index (Phi) is 5.64. The van der Waals surface area contributed by atoms with Crippen molar-refractivity contribution in [3.63, 3.8) is 0 Å². The molecule has 12 heteroatoms. The van der Waals surface area contributed by atoms with E-state index >= 15 is 0 Å². The van der Waals surface area contributed by atoms with Crippen LogP contribution in [0.15, 0.2) is 24.4 Å². The SMILES string of the molecule is CCCS(=O)(=O)Nc1ccc(F)c(C(=O)Nc2cnc3[nH]nc(O[11CH3])c3c2)c1F. The van der Waals surface area contributed by atoms with Gasteiger partial charge in [0.15, 0.2) is 11.5 Å². The minimum absolute atomic E-state index is 0.137. The van der Waals surface area contributed by atoms with Gasteiger partial charge in [-0.3, -0.25) is 14.6 Å². The molecule has 3 rings (SSSR count). The van der Waals surface area contributed by atoms with E-state index in [9.17, 15) is 22.0 Å². The Morgan fingerprint density at radius 3 is 2.76 bits per heavy atom. The molecule has 154 valence electrons. The minimum atomic E-state index is -3.83. The van der Waals surface area contributed by atoms with E-state index in [0.29, 0.717) is 17.5 Å². The van der Waals surface area contributed by atoms with Crippen molar-refractivity contribution >= 4 is 38.3 Å². The summed E-state index contributed by atoms with van der Waals surface area (Å²) in [6.45, 7) is 1.64. The number of nitrogens with zero attached hydrogens (tertiary/aromatic N) is 2. The summed E-state index contributed by atoms with van der Waals surface area (Å²) in [5, 5.41) is 9.28. The second-order valence-corrected chi connectivity index (χ2v) is 7.85. The van der Waals surface area contributed by atoms with Crippen LogP contribution in [0.2, 0.25) is 0 Å². The van der Waals surface area contributed by atoms with Gasteiger partial charge in [0.2, 0.25) is 15.9 Å². The molecule has 0 unspecified atom stereocenters. The molecule has 0 saturated carbocycles. The van der Waals surface area contributed by atoms with Gasteiger partial charge in [0.25, 0.3) is 5.91 Å². The predicted octanol–water partition coefficient (Wildman–Crippen LogP) is 2.65. The number of aromatic nitrogens is 3. The third-order valence-corrected chi connectivity index (χ3v) is 5.37. The molecule has 0 spiro atoms. The normalized spacial score (nSPS) is 11.4. The standard InChI is InChI=1S/C17H17F2N5O4S/c1-3-6-29(26,27)24-12-5-4-11(18)13(14(12)19)16(25)21-9-7-10-15(20-8-9)22-23-17(10)28-2/h4-5,7-8,24H,3,6H2,1-2H3,(H,21,25)(H,20,22,23)/i2-1. The van der Waals surface area contributed by atoms with Crippen molar-refractivity contribution in [2.24, 2.45) is 0 Å². The zero-order chi connectivity index (χ0) is 21.2. The van der Waals surface area contributed by atoms with E-state index in [1.165, 1.54) is 19.4 Å². The first-order valence-electron chi connectivity index (χ1n) is 8.43. The maximum absolute atomic E-state index is 14.7. The fourth-order valence-electron chi connectivity index (χ4n) is 2.63. The largest absolute Gasteiger partial charge is 0.479 e. The van der Waals surface area contributed by atoms with Crippen LogP contribution in [0.4, 0.5) is 20.2 Å². The number of anilines is 2. The topological polar surface area (TPSA) is 126 Å². The molecule has 3 N–H and O–H groups in total. The number of carbonyl (C=O) groups is 1. The third kappa shape index (κ3) is 4.26. The van der Waals surface area contributed by atoms with E-state index in [-0.39, 0.29) is 17.3 Å². The Balaban J connectivity index is 1.92. The fraction of sp³-hybridized carbons (Fsp3) is 0.235. The molecule has 0 radical (unpaired) electrons. The Morgan fingerprint density at radius 2 is 2.07 bits per heavy atom. The van der Waals surface area contributed by atoms with Crippen molar-refractivity contribution in [1.29, 1.82) is 0 Å². The number of carbonyl (C=O) groups excluding carboxylic acids is 1. The number of ether oxygens (including phenoxy) is 1. The molecule has 0 fully saturated rings. The third-order valence-electron chi connectivity index (χ3n) is 3.89. The lowest BCUT2D eigenvalue weighted by atomic mass is 10.1. The van der Waals surface area contributed by atoms with Crippen LogP contribution in [0.25, 0.3) is 11.0 Å². The van der Waals surface area contributed by atoms with Crippen LogP contribution in [0, 0.1) is 11.6 Å². The molecule has 1 aromatic carbocycles. The minimum Gasteiger partial charge on any atom is -0.479 e. The maximum atomic E-state index is 14.7. The van der Waals surface area contributed by atoms with Crippen molar-refractivity contribution < 1.29 is 26.7 Å². The monoisotopic (exact) mass is 424 g/mol. The molecule has 0 saturated heterocycles. The summed E-state index contributed by atoms with van der Waals surface area (Å²) in [7, 11) is -2.43. The fourth-order valence-corrected chi connectivity index (χ4v) is 3.76. The van der Waals surface area contributed by atoms with Gasteiger partial charge in [-0.25, -0.2) is 22.2 Å². The first kappa shape index (κ1) is 20.5. The molecular weight excluding hydrogens is 407 g/mol. The number of amides is 1. The second-order valence-electron chi connectivity index (χ2n) is 6.01. The van der Waals surface area contributed by atoms with E-state index in [0.717, 1.165) is 12.1 Å². The van der Waals surface area contributed by atoms with Crippen LogP contribution in [-0.2, 0) is 10.0 Å². The lowest BCUT2D eigenvalue weighted by Gasteiger charge is -2.12. The van der Waals surface area contributed by atoms with E-state index in [2.05, 4.69) is 20.5 Å². The number of benzene rings is 1. The lowest BCUT2D eigenvalue weighted by molar-refractivity contribution is 0.101. The van der Waals surface area contributed by atoms with Gasteiger partial charge in [0.1, 0.15) is 11.4 Å². The van der Waals surface area contributed by atoms with Crippen molar-refractivity contribution in [1.82, 2.24) is 15.2 Å². The number of hydrogen-bond acceptors (Lipinski definition) is 6. The highest BCUT2D eigenvalue weighted by atomic mass is 32.2. The smallest absolute Gasteiger partial charge is 0.261 e. The first-order chi connectivity index (χ1) is 13.8. The molecule has 0 aliphatic heterocycles. The molecule has 0 bridgehead atoms. The highest BCUT2D eigenvalue weighted by Gasteiger charge is 2.23. The summed E-state index contributed by atoms with van der Waals surface area (Å²) in [5.74, 6) is -3.59. The quantitative estimate of drug-likeness (QED) is 0.535. The Labute approximate surface area is 164 Å². The molecule has 2 heterocycles. The van der Waals surface area contributed by atoms with Crippen molar-refractivity contribution in [2.75, 3.05) is 22.9 Å². The molecule has 0 aliphatic carbocycles. The molecule has 9 nitrogen and oxygen atoms in total. The van der Waals surface area contributed by atoms with Crippen LogP contribution in [-0.4, -0.2) is 42.4 Å². The number of halogens is 2. The summed E-state index contributed by atoms with van der Waals surface area (Å²) >= 11 is 0. The maximum Gasteiger partial charge on any atom is 0.261 e. The van der Waals surface area contributed by atoms with Crippen molar-refractivity contribution in [3.8, 4) is 5.88 Å². The predicted molar refractivity (Wildman–Crippen MR) is 102 cm³/mol. The molecule has 1 amide bonds. The second kappa shape index (κ2) is 7.99. The number of pyridine rings is 1. The Hall–Kier alpha value is -3.28. The highest BCUT2D eigenvalue weighted by Crippen LogP contribution is 2.26. The van der Waals surface area contributed by atoms with Crippen LogP contribution in [0.5, 0.6) is 5.88 Å². The van der Waals surface area contributed by atoms with Crippen LogP contribution in [0.1, 0.15) is 23.7 Å². The number of aromatic amines is 1. The van der Waals surface area contributed by atoms with Gasteiger partial charge in [-0.1, -0.05) is 6.92 Å². The zero-order valence-electron chi connectivity index (χ0n) is 15.4. The highest BCUT2D eigenvalue weighted by molar-refractivity contribution is 7.92. The number of nitrogens with one attached hydrogen (secondary N) is 3. The van der Waals surface area contributed by atoms with Gasteiger partial charge in [-0.05, 0) is 24.6 Å². The van der Waals surface area contributed by atoms with E-state index in [1.807, 2.05) is 4.72 Å². The van der Waals surface area contributed by atoms with Crippen LogP contribution in [0.3, 0.4) is 0 Å². The van der Waals surface area contributed by atoms with Gasteiger partial charge in [-0.2, -0.15) is 0 Å². The number of rotatable bonds is 7. The summed E-state index contributed by atoms with van der Waals surface area (Å²) in [4.78, 5) is 16.5. The summed E-state index contributed by atoms with van der Waals surface area (Å²) in [6, 6.07) is 3.19. The van der Waals surface area contributed by atoms with Crippen LogP contribution < -0.4 is 14.8 Å². The van der Waals surface area contributed by atoms with Gasteiger partial charge >= 0.3 is 0 Å². The lowest BCUT2D eigenvalue weighted by Crippen LogP contribution is -2.20. The van der Waals surface area contributed by atoms with Gasteiger partial charge in [0.05, 0.1) is 35.8 Å². The average molecular weight is 424 g/mol. The van der Waals surface area contributed by atoms with Gasteiger partial charge in [0, 0.05) is 0 Å². The van der Waals surface area contributed by atoms with Gasteiger partial charge in [-0.15, -0.1) is 5.10 Å². The Bertz CT molecular complexity index is 1180. The molecule has 0 aliphatic rings. The first-order valence-corrected chi connectivity index (χ1v) is 10.1. The zero-order valence-corrected chi connectivity index (χ0v) is 16.2. The Morgan fingerprint density at radius 1 is 1.31 bits per heavy atom. The number of fused-ring (bicyclic) bond motifs is 1. The molecule has 3 aromatic rings.